The highest BCUT2D eigenvalue weighted by molar-refractivity contribution is 8.15. The lowest BCUT2D eigenvalue weighted by Gasteiger charge is -2.10. The van der Waals surface area contributed by atoms with E-state index in [2.05, 4.69) is 52.1 Å². The fourth-order valence-corrected chi connectivity index (χ4v) is 3.36. The van der Waals surface area contributed by atoms with Gasteiger partial charge in [0.25, 0.3) is 5.24 Å². The number of thioether (sulfide) groups is 1. The summed E-state index contributed by atoms with van der Waals surface area (Å²) in [6.45, 7) is 11.4. The number of amides is 2. The average molecular weight is 433 g/mol. The first-order valence-corrected chi connectivity index (χ1v) is 11.4. The van der Waals surface area contributed by atoms with Crippen LogP contribution < -0.4 is 15.8 Å². The number of rotatable bonds is 9. The van der Waals surface area contributed by atoms with Crippen LogP contribution >= 0.6 is 11.8 Å². The molecule has 0 bridgehead atoms. The van der Waals surface area contributed by atoms with E-state index in [1.807, 2.05) is 24.3 Å². The summed E-state index contributed by atoms with van der Waals surface area (Å²) in [6.07, 6.45) is 8.25. The molecule has 0 aliphatic carbocycles. The van der Waals surface area contributed by atoms with Gasteiger partial charge < -0.3 is 10.5 Å². The van der Waals surface area contributed by atoms with Gasteiger partial charge >= 0.3 is 0 Å². The molecule has 1 heterocycles. The zero-order valence-corrected chi connectivity index (χ0v) is 19.6. The molecule has 1 fully saturated rings. The van der Waals surface area contributed by atoms with E-state index >= 15 is 0 Å². The van der Waals surface area contributed by atoms with Crippen LogP contribution in [0, 0.1) is 11.8 Å². The summed E-state index contributed by atoms with van der Waals surface area (Å²) in [5.41, 5.74) is 7.69. The molecule has 166 valence electrons. The zero-order chi connectivity index (χ0) is 22.5. The Balaban J connectivity index is 0.00000103. The molecule has 1 aromatic rings. The number of hydrogen-bond acceptors (Lipinski definition) is 5. The largest absolute Gasteiger partial charge is 0.494 e. The van der Waals surface area contributed by atoms with Crippen LogP contribution in [-0.2, 0) is 11.2 Å². The van der Waals surface area contributed by atoms with Crippen molar-refractivity contribution in [1.82, 2.24) is 5.32 Å². The first-order chi connectivity index (χ1) is 14.2. The third kappa shape index (κ3) is 10.5. The minimum Gasteiger partial charge on any atom is -0.494 e. The molecule has 0 saturated carbocycles. The fraction of sp³-hybridized carbons (Fsp3) is 0.500. The normalized spacial score (nSPS) is 17.7. The van der Waals surface area contributed by atoms with Crippen LogP contribution in [0.2, 0.25) is 0 Å². The molecule has 5 nitrogen and oxygen atoms in total. The molecule has 1 saturated heterocycles. The fourth-order valence-electron chi connectivity index (χ4n) is 2.50. The minimum absolute atomic E-state index is 0.210. The van der Waals surface area contributed by atoms with Crippen LogP contribution in [0.3, 0.4) is 0 Å². The Morgan fingerprint density at radius 2 is 1.83 bits per heavy atom. The summed E-state index contributed by atoms with van der Waals surface area (Å²) in [7, 11) is 0. The van der Waals surface area contributed by atoms with Gasteiger partial charge in [-0.05, 0) is 60.6 Å². The molecule has 6 heteroatoms. The molecule has 30 heavy (non-hydrogen) atoms. The van der Waals surface area contributed by atoms with Crippen molar-refractivity contribution >= 4 is 22.9 Å². The van der Waals surface area contributed by atoms with Crippen molar-refractivity contribution in [3.8, 4) is 5.75 Å². The van der Waals surface area contributed by atoms with Crippen LogP contribution in [-0.4, -0.2) is 23.0 Å². The average Bonchev–Trinajstić information content (AvgIpc) is 3.00. The lowest BCUT2D eigenvalue weighted by molar-refractivity contribution is -0.118. The zero-order valence-electron chi connectivity index (χ0n) is 18.8. The Bertz CT molecular complexity index is 724. The molecule has 3 N–H and O–H groups in total. The molecule has 2 unspecified atom stereocenters. The topological polar surface area (TPSA) is 81.4 Å². The summed E-state index contributed by atoms with van der Waals surface area (Å²) >= 11 is 1.05. The number of nitrogens with one attached hydrogen (secondary N) is 1. The van der Waals surface area contributed by atoms with Gasteiger partial charge in [0.1, 0.15) is 5.75 Å². The van der Waals surface area contributed by atoms with E-state index in [1.54, 1.807) is 6.20 Å². The number of imide groups is 1. The maximum Gasteiger partial charge on any atom is 0.286 e. The van der Waals surface area contributed by atoms with Gasteiger partial charge in [-0.3, -0.25) is 14.9 Å². The van der Waals surface area contributed by atoms with Gasteiger partial charge in [-0.25, -0.2) is 0 Å². The second-order valence-corrected chi connectivity index (χ2v) is 9.21. The van der Waals surface area contributed by atoms with Gasteiger partial charge in [-0.1, -0.05) is 70.7 Å². The first kappa shape index (κ1) is 25.8. The van der Waals surface area contributed by atoms with E-state index in [0.29, 0.717) is 18.9 Å². The highest BCUT2D eigenvalue weighted by atomic mass is 32.2. The predicted octanol–water partition coefficient (Wildman–Crippen LogP) is 5.46. The molecule has 0 radical (unpaired) electrons. The lowest BCUT2D eigenvalue weighted by atomic mass is 10.1. The van der Waals surface area contributed by atoms with Crippen molar-refractivity contribution in [1.29, 1.82) is 0 Å². The molecule has 2 amide bonds. The Labute approximate surface area is 185 Å². The van der Waals surface area contributed by atoms with Crippen molar-refractivity contribution in [2.45, 2.75) is 59.1 Å². The minimum atomic E-state index is -0.336. The van der Waals surface area contributed by atoms with E-state index in [4.69, 9.17) is 10.5 Å². The smallest absolute Gasteiger partial charge is 0.286 e. The summed E-state index contributed by atoms with van der Waals surface area (Å²) in [5.74, 6) is 1.84. The van der Waals surface area contributed by atoms with E-state index in [1.165, 1.54) is 0 Å². The quantitative estimate of drug-likeness (QED) is 0.507. The number of ether oxygens (including phenoxy) is 1. The van der Waals surface area contributed by atoms with Gasteiger partial charge in [0.2, 0.25) is 5.91 Å². The second-order valence-electron chi connectivity index (χ2n) is 8.03. The van der Waals surface area contributed by atoms with Gasteiger partial charge in [0.15, 0.2) is 0 Å². The van der Waals surface area contributed by atoms with Crippen molar-refractivity contribution in [3.05, 3.63) is 53.8 Å². The maximum absolute atomic E-state index is 11.6. The van der Waals surface area contributed by atoms with Crippen LogP contribution in [0.25, 0.3) is 0 Å². The van der Waals surface area contributed by atoms with Gasteiger partial charge in [-0.15, -0.1) is 0 Å². The number of allylic oxidation sites excluding steroid dienone is 3. The molecule has 1 aliphatic rings. The standard InChI is InChI=1S/C20H26N2O3S.C4H10/c1-3-15(13-21)5-4-14(2)10-11-25-17-8-6-16(7-9-17)12-18-19(23)22-20(24)26-18;1-4(2)3/h4-9,13-14,18H,3,10-12,21H2,1-2H3,(H,22,23,24);4H,1-3H3/b5-4-,15-13-;. The molecule has 2 atom stereocenters. The highest BCUT2D eigenvalue weighted by Crippen LogP contribution is 2.24. The summed E-state index contributed by atoms with van der Waals surface area (Å²) < 4.78 is 5.79. The second kappa shape index (κ2) is 13.9. The van der Waals surface area contributed by atoms with Crippen LogP contribution in [0.4, 0.5) is 4.79 Å². The van der Waals surface area contributed by atoms with Crippen LogP contribution in [0.5, 0.6) is 5.75 Å². The molecule has 1 aliphatic heterocycles. The van der Waals surface area contributed by atoms with Gasteiger partial charge in [0.05, 0.1) is 11.9 Å². The number of carbonyl (C=O) groups is 2. The maximum atomic E-state index is 11.6. The Hall–Kier alpha value is -2.21. The third-order valence-electron chi connectivity index (χ3n) is 4.21. The number of benzene rings is 1. The van der Waals surface area contributed by atoms with Crippen molar-refractivity contribution in [2.75, 3.05) is 6.61 Å². The molecule has 0 spiro atoms. The van der Waals surface area contributed by atoms with E-state index in [-0.39, 0.29) is 16.4 Å². The molecule has 1 aromatic carbocycles. The molecule has 2 rings (SSSR count). The SMILES string of the molecule is CC(C)C.CCC(/C=C\C(C)CCOc1ccc(CC2SC(=O)NC2=O)cc1)=C/N. The summed E-state index contributed by atoms with van der Waals surface area (Å²) in [4.78, 5) is 22.8. The number of nitrogens with two attached hydrogens (primary N) is 1. The molecule has 0 aromatic heterocycles. The first-order valence-electron chi connectivity index (χ1n) is 10.6. The Morgan fingerprint density at radius 3 is 2.33 bits per heavy atom. The molecular formula is C24H36N2O3S. The Kier molecular flexibility index (Phi) is 12.0. The number of hydrogen-bond donors (Lipinski definition) is 2. The van der Waals surface area contributed by atoms with Crippen molar-refractivity contribution < 1.29 is 14.3 Å². The molecular weight excluding hydrogens is 396 g/mol. The number of carbonyl (C=O) groups excluding carboxylic acids is 2. The van der Waals surface area contributed by atoms with Crippen LogP contribution in [0.15, 0.2) is 48.2 Å². The van der Waals surface area contributed by atoms with Crippen LogP contribution in [0.1, 0.15) is 53.0 Å². The van der Waals surface area contributed by atoms with Crippen molar-refractivity contribution in [3.63, 3.8) is 0 Å². The van der Waals surface area contributed by atoms with E-state index in [9.17, 15) is 9.59 Å². The Morgan fingerprint density at radius 1 is 1.20 bits per heavy atom. The highest BCUT2D eigenvalue weighted by Gasteiger charge is 2.31. The summed E-state index contributed by atoms with van der Waals surface area (Å²) in [6, 6.07) is 7.69. The predicted molar refractivity (Wildman–Crippen MR) is 127 cm³/mol. The monoisotopic (exact) mass is 432 g/mol. The van der Waals surface area contributed by atoms with Gasteiger partial charge in [0, 0.05) is 0 Å². The lowest BCUT2D eigenvalue weighted by Crippen LogP contribution is -2.25. The van der Waals surface area contributed by atoms with E-state index < -0.39 is 0 Å². The third-order valence-corrected chi connectivity index (χ3v) is 5.20. The van der Waals surface area contributed by atoms with E-state index in [0.717, 1.165) is 47.4 Å². The van der Waals surface area contributed by atoms with Gasteiger partial charge in [-0.2, -0.15) is 0 Å². The summed E-state index contributed by atoms with van der Waals surface area (Å²) in [5, 5.41) is 1.70. The van der Waals surface area contributed by atoms with Crippen molar-refractivity contribution in [2.24, 2.45) is 17.6 Å².